The molecule has 122 valence electrons. The first-order chi connectivity index (χ1) is 10.4. The Bertz CT molecular complexity index is 512. The number of hydrogen-bond donors (Lipinski definition) is 1. The summed E-state index contributed by atoms with van der Waals surface area (Å²) in [5.41, 5.74) is 2.03. The smallest absolute Gasteiger partial charge is 0.223 e. The molecule has 1 atom stereocenters. The van der Waals surface area contributed by atoms with Gasteiger partial charge in [-0.2, -0.15) is 0 Å². The van der Waals surface area contributed by atoms with E-state index in [0.29, 0.717) is 18.9 Å². The molecule has 0 aliphatic rings. The van der Waals surface area contributed by atoms with Crippen LogP contribution < -0.4 is 10.2 Å². The quantitative estimate of drug-likeness (QED) is 0.838. The van der Waals surface area contributed by atoms with Crippen LogP contribution >= 0.6 is 0 Å². The number of para-hydroxylation sites is 1. The van der Waals surface area contributed by atoms with Crippen LogP contribution in [0.1, 0.15) is 58.9 Å². The molecule has 1 aromatic rings. The molecule has 0 heterocycles. The largest absolute Gasteiger partial charge is 0.354 e. The lowest BCUT2D eigenvalue weighted by atomic mass is 10.0. The van der Waals surface area contributed by atoms with Crippen molar-refractivity contribution in [2.24, 2.45) is 0 Å². The average Bonchev–Trinajstić information content (AvgIpc) is 2.47. The molecule has 0 fully saturated rings. The molecule has 2 amide bonds. The lowest BCUT2D eigenvalue weighted by molar-refractivity contribution is -0.121. The number of anilines is 1. The van der Waals surface area contributed by atoms with Crippen molar-refractivity contribution in [1.82, 2.24) is 5.32 Å². The molecule has 1 unspecified atom stereocenters. The van der Waals surface area contributed by atoms with Gasteiger partial charge in [-0.1, -0.05) is 39.0 Å². The molecule has 0 radical (unpaired) electrons. The van der Waals surface area contributed by atoms with Crippen LogP contribution in [0.2, 0.25) is 0 Å². The molecule has 0 aliphatic heterocycles. The van der Waals surface area contributed by atoms with Crippen molar-refractivity contribution < 1.29 is 9.59 Å². The van der Waals surface area contributed by atoms with Gasteiger partial charge in [0.1, 0.15) is 0 Å². The van der Waals surface area contributed by atoms with Crippen molar-refractivity contribution in [3.8, 4) is 0 Å². The predicted molar refractivity (Wildman–Crippen MR) is 91.1 cm³/mol. The van der Waals surface area contributed by atoms with E-state index in [1.54, 1.807) is 11.8 Å². The fourth-order valence-electron chi connectivity index (χ4n) is 2.33. The van der Waals surface area contributed by atoms with Gasteiger partial charge in [-0.3, -0.25) is 9.59 Å². The number of rotatable bonds is 7. The summed E-state index contributed by atoms with van der Waals surface area (Å²) < 4.78 is 0. The fourth-order valence-corrected chi connectivity index (χ4v) is 2.33. The maximum atomic E-state index is 12.0. The monoisotopic (exact) mass is 304 g/mol. The van der Waals surface area contributed by atoms with Gasteiger partial charge in [0.25, 0.3) is 0 Å². The number of nitrogens with zero attached hydrogens (tertiary/aromatic N) is 1. The van der Waals surface area contributed by atoms with E-state index in [2.05, 4.69) is 19.2 Å². The van der Waals surface area contributed by atoms with E-state index in [1.807, 2.05) is 38.1 Å². The Hall–Kier alpha value is -1.84. The molecule has 0 spiro atoms. The van der Waals surface area contributed by atoms with Crippen molar-refractivity contribution >= 4 is 17.5 Å². The molecule has 0 bridgehead atoms. The van der Waals surface area contributed by atoms with Crippen LogP contribution in [0.3, 0.4) is 0 Å². The van der Waals surface area contributed by atoms with Crippen LogP contribution in [0, 0.1) is 0 Å². The minimum Gasteiger partial charge on any atom is -0.354 e. The normalized spacial score (nSPS) is 12.1. The Balaban J connectivity index is 2.83. The lowest BCUT2D eigenvalue weighted by Gasteiger charge is -2.25. The summed E-state index contributed by atoms with van der Waals surface area (Å²) in [6.07, 6.45) is 1.22. The third kappa shape index (κ3) is 5.17. The Labute approximate surface area is 133 Å². The number of benzene rings is 1. The molecule has 22 heavy (non-hydrogen) atoms. The highest BCUT2D eigenvalue weighted by Gasteiger charge is 2.18. The van der Waals surface area contributed by atoms with Gasteiger partial charge in [-0.05, 0) is 30.9 Å². The lowest BCUT2D eigenvalue weighted by Crippen LogP contribution is -2.37. The molecular weight excluding hydrogens is 276 g/mol. The molecule has 4 nitrogen and oxygen atoms in total. The number of nitrogens with one attached hydrogen (secondary N) is 1. The zero-order valence-electron chi connectivity index (χ0n) is 14.3. The number of amides is 2. The fraction of sp³-hybridized carbons (Fsp3) is 0.556. The maximum Gasteiger partial charge on any atom is 0.223 e. The second-order valence-corrected chi connectivity index (χ2v) is 6.01. The molecule has 0 aliphatic carbocycles. The van der Waals surface area contributed by atoms with Crippen LogP contribution in [0.15, 0.2) is 24.3 Å². The van der Waals surface area contributed by atoms with E-state index in [0.717, 1.165) is 17.7 Å². The standard InChI is InChI=1S/C18H28N2O2/c1-6-14(4)19-18(22)11-12-20(15(5)21)17-10-8-7-9-16(17)13(2)3/h7-10,13-14H,6,11-12H2,1-5H3,(H,19,22). The molecule has 1 N–H and O–H groups in total. The highest BCUT2D eigenvalue weighted by atomic mass is 16.2. The summed E-state index contributed by atoms with van der Waals surface area (Å²) in [5.74, 6) is 0.277. The Morgan fingerprint density at radius 3 is 2.36 bits per heavy atom. The average molecular weight is 304 g/mol. The van der Waals surface area contributed by atoms with Gasteiger partial charge < -0.3 is 10.2 Å². The molecule has 1 rings (SSSR count). The molecule has 0 aromatic heterocycles. The molecule has 0 saturated carbocycles. The van der Waals surface area contributed by atoms with Crippen LogP contribution in [-0.4, -0.2) is 24.4 Å². The number of hydrogen-bond acceptors (Lipinski definition) is 2. The first-order valence-corrected chi connectivity index (χ1v) is 8.03. The van der Waals surface area contributed by atoms with E-state index in [9.17, 15) is 9.59 Å². The van der Waals surface area contributed by atoms with Gasteiger partial charge in [-0.15, -0.1) is 0 Å². The first kappa shape index (κ1) is 18.2. The maximum absolute atomic E-state index is 12.0. The highest BCUT2D eigenvalue weighted by molar-refractivity contribution is 5.93. The van der Waals surface area contributed by atoms with Crippen molar-refractivity contribution in [3.05, 3.63) is 29.8 Å². The van der Waals surface area contributed by atoms with Gasteiger partial charge in [0.05, 0.1) is 0 Å². The predicted octanol–water partition coefficient (Wildman–Crippen LogP) is 3.47. The topological polar surface area (TPSA) is 49.4 Å². The van der Waals surface area contributed by atoms with Crippen molar-refractivity contribution in [3.63, 3.8) is 0 Å². The number of carbonyl (C=O) groups excluding carboxylic acids is 2. The van der Waals surface area contributed by atoms with Crippen molar-refractivity contribution in [2.75, 3.05) is 11.4 Å². The summed E-state index contributed by atoms with van der Waals surface area (Å²) in [6.45, 7) is 10.2. The van der Waals surface area contributed by atoms with Crippen molar-refractivity contribution in [1.29, 1.82) is 0 Å². The van der Waals surface area contributed by atoms with E-state index in [-0.39, 0.29) is 17.9 Å². The first-order valence-electron chi connectivity index (χ1n) is 8.03. The summed E-state index contributed by atoms with van der Waals surface area (Å²) in [4.78, 5) is 25.6. The third-order valence-corrected chi connectivity index (χ3v) is 3.81. The van der Waals surface area contributed by atoms with E-state index < -0.39 is 0 Å². The van der Waals surface area contributed by atoms with Crippen LogP contribution in [0.4, 0.5) is 5.69 Å². The van der Waals surface area contributed by atoms with E-state index in [4.69, 9.17) is 0 Å². The molecule has 0 saturated heterocycles. The van der Waals surface area contributed by atoms with Crippen LogP contribution in [-0.2, 0) is 9.59 Å². The minimum atomic E-state index is -0.0376. The van der Waals surface area contributed by atoms with E-state index in [1.165, 1.54) is 0 Å². The SMILES string of the molecule is CCC(C)NC(=O)CCN(C(C)=O)c1ccccc1C(C)C. The van der Waals surface area contributed by atoms with Crippen molar-refractivity contribution in [2.45, 2.75) is 59.4 Å². The van der Waals surface area contributed by atoms with Gasteiger partial charge in [0, 0.05) is 31.6 Å². The minimum absolute atomic E-state index is 0.0115. The van der Waals surface area contributed by atoms with Gasteiger partial charge in [-0.25, -0.2) is 0 Å². The van der Waals surface area contributed by atoms with E-state index >= 15 is 0 Å². The second kappa shape index (κ2) is 8.57. The molecule has 1 aromatic carbocycles. The Kier molecular flexibility index (Phi) is 7.09. The van der Waals surface area contributed by atoms with Crippen LogP contribution in [0.5, 0.6) is 0 Å². The Morgan fingerprint density at radius 2 is 1.82 bits per heavy atom. The van der Waals surface area contributed by atoms with Gasteiger partial charge in [0.2, 0.25) is 11.8 Å². The summed E-state index contributed by atoms with van der Waals surface area (Å²) in [7, 11) is 0. The summed E-state index contributed by atoms with van der Waals surface area (Å²) >= 11 is 0. The summed E-state index contributed by atoms with van der Waals surface area (Å²) in [5, 5.41) is 2.94. The molecule has 4 heteroatoms. The van der Waals surface area contributed by atoms with Crippen LogP contribution in [0.25, 0.3) is 0 Å². The Morgan fingerprint density at radius 1 is 1.18 bits per heavy atom. The summed E-state index contributed by atoms with van der Waals surface area (Å²) in [6, 6.07) is 8.06. The zero-order valence-corrected chi connectivity index (χ0v) is 14.3. The highest BCUT2D eigenvalue weighted by Crippen LogP contribution is 2.27. The molecular formula is C18H28N2O2. The van der Waals surface area contributed by atoms with Gasteiger partial charge in [0.15, 0.2) is 0 Å². The zero-order chi connectivity index (χ0) is 16.7. The third-order valence-electron chi connectivity index (χ3n) is 3.81. The second-order valence-electron chi connectivity index (χ2n) is 6.01. The number of carbonyl (C=O) groups is 2. The van der Waals surface area contributed by atoms with Gasteiger partial charge >= 0.3 is 0 Å².